The van der Waals surface area contributed by atoms with Crippen molar-refractivity contribution in [2.24, 2.45) is 10.9 Å². The van der Waals surface area contributed by atoms with Crippen molar-refractivity contribution in [2.45, 2.75) is 25.9 Å². The molecular weight excluding hydrogens is 365 g/mol. The lowest BCUT2D eigenvalue weighted by Gasteiger charge is -2.09. The van der Waals surface area contributed by atoms with Crippen LogP contribution in [0.5, 0.6) is 0 Å². The van der Waals surface area contributed by atoms with E-state index in [1.807, 2.05) is 18.2 Å². The van der Waals surface area contributed by atoms with E-state index in [2.05, 4.69) is 34.7 Å². The minimum absolute atomic E-state index is 0. The molecule has 5 heteroatoms. The summed E-state index contributed by atoms with van der Waals surface area (Å²) in [6.45, 7) is 2.89. The number of para-hydroxylation sites is 1. The number of aliphatic imine (C=N–C) groups is 1. The molecule has 1 saturated carbocycles. The fourth-order valence-electron chi connectivity index (χ4n) is 2.19. The summed E-state index contributed by atoms with van der Waals surface area (Å²) in [5.41, 5.74) is 0.929. The van der Waals surface area contributed by atoms with Gasteiger partial charge in [-0.25, -0.2) is 0 Å². The molecule has 1 aromatic heterocycles. The highest BCUT2D eigenvalue weighted by molar-refractivity contribution is 14.0. The van der Waals surface area contributed by atoms with Gasteiger partial charge in [-0.3, -0.25) is 4.99 Å². The maximum Gasteiger partial charge on any atom is 0.191 e. The van der Waals surface area contributed by atoms with Crippen molar-refractivity contribution in [1.82, 2.24) is 10.6 Å². The molecule has 2 N–H and O–H groups in total. The third kappa shape index (κ3) is 3.45. The zero-order valence-electron chi connectivity index (χ0n) is 11.7. The van der Waals surface area contributed by atoms with Gasteiger partial charge in [0.25, 0.3) is 0 Å². The van der Waals surface area contributed by atoms with E-state index in [1.165, 1.54) is 6.42 Å². The van der Waals surface area contributed by atoms with Crippen molar-refractivity contribution >= 4 is 40.9 Å². The van der Waals surface area contributed by atoms with E-state index in [0.717, 1.165) is 28.6 Å². The van der Waals surface area contributed by atoms with E-state index >= 15 is 0 Å². The van der Waals surface area contributed by atoms with Crippen molar-refractivity contribution in [2.75, 3.05) is 7.05 Å². The summed E-state index contributed by atoms with van der Waals surface area (Å²) >= 11 is 0. The van der Waals surface area contributed by atoms with E-state index in [4.69, 9.17) is 4.42 Å². The Kier molecular flexibility index (Phi) is 4.91. The van der Waals surface area contributed by atoms with E-state index < -0.39 is 0 Å². The number of nitrogens with zero attached hydrogens (tertiary/aromatic N) is 1. The van der Waals surface area contributed by atoms with Gasteiger partial charge < -0.3 is 15.1 Å². The van der Waals surface area contributed by atoms with Crippen LogP contribution in [-0.4, -0.2) is 19.0 Å². The van der Waals surface area contributed by atoms with Crippen molar-refractivity contribution in [3.63, 3.8) is 0 Å². The van der Waals surface area contributed by atoms with Crippen molar-refractivity contribution in [3.8, 4) is 0 Å². The molecular formula is C15H20IN3O. The largest absolute Gasteiger partial charge is 0.459 e. The highest BCUT2D eigenvalue weighted by Gasteiger charge is 2.33. The van der Waals surface area contributed by atoms with Crippen LogP contribution < -0.4 is 10.6 Å². The summed E-state index contributed by atoms with van der Waals surface area (Å²) in [5.74, 6) is 2.52. The molecule has 1 heterocycles. The highest BCUT2D eigenvalue weighted by Crippen LogP contribution is 2.28. The van der Waals surface area contributed by atoms with Crippen LogP contribution in [0.2, 0.25) is 0 Å². The predicted molar refractivity (Wildman–Crippen MR) is 92.5 cm³/mol. The van der Waals surface area contributed by atoms with Crippen LogP contribution in [-0.2, 0) is 6.54 Å². The smallest absolute Gasteiger partial charge is 0.191 e. The third-order valence-electron chi connectivity index (χ3n) is 3.56. The Morgan fingerprint density at radius 2 is 2.15 bits per heavy atom. The molecule has 0 amide bonds. The summed E-state index contributed by atoms with van der Waals surface area (Å²) in [7, 11) is 1.79. The van der Waals surface area contributed by atoms with Gasteiger partial charge in [-0.1, -0.05) is 25.1 Å². The van der Waals surface area contributed by atoms with Gasteiger partial charge in [0.05, 0.1) is 6.54 Å². The predicted octanol–water partition coefficient (Wildman–Crippen LogP) is 3.12. The van der Waals surface area contributed by atoms with Gasteiger partial charge in [-0.05, 0) is 24.5 Å². The number of nitrogens with one attached hydrogen (secondary N) is 2. The summed E-state index contributed by atoms with van der Waals surface area (Å²) in [6, 6.07) is 10.7. The number of fused-ring (bicyclic) bond motifs is 1. The van der Waals surface area contributed by atoms with Crippen molar-refractivity contribution in [3.05, 3.63) is 36.1 Å². The summed E-state index contributed by atoms with van der Waals surface area (Å²) in [4.78, 5) is 4.22. The van der Waals surface area contributed by atoms with Crippen LogP contribution in [0.4, 0.5) is 0 Å². The minimum atomic E-state index is 0. The number of furan rings is 1. The maximum atomic E-state index is 5.76. The number of guanidine groups is 1. The zero-order valence-corrected chi connectivity index (χ0v) is 14.0. The number of rotatable bonds is 3. The van der Waals surface area contributed by atoms with Crippen LogP contribution >= 0.6 is 24.0 Å². The molecule has 0 aliphatic heterocycles. The molecule has 3 rings (SSSR count). The first kappa shape index (κ1) is 15.2. The van der Waals surface area contributed by atoms with Crippen molar-refractivity contribution < 1.29 is 4.42 Å². The molecule has 1 aliphatic carbocycles. The van der Waals surface area contributed by atoms with Crippen LogP contribution in [0.3, 0.4) is 0 Å². The van der Waals surface area contributed by atoms with Crippen LogP contribution in [0.1, 0.15) is 19.1 Å². The second kappa shape index (κ2) is 6.47. The molecule has 20 heavy (non-hydrogen) atoms. The zero-order chi connectivity index (χ0) is 13.2. The van der Waals surface area contributed by atoms with Gasteiger partial charge in [0, 0.05) is 18.5 Å². The van der Waals surface area contributed by atoms with Gasteiger partial charge in [-0.2, -0.15) is 0 Å². The molecule has 108 valence electrons. The van der Waals surface area contributed by atoms with Gasteiger partial charge >= 0.3 is 0 Å². The van der Waals surface area contributed by atoms with Crippen LogP contribution in [0.25, 0.3) is 11.0 Å². The van der Waals surface area contributed by atoms with Gasteiger partial charge in [0.15, 0.2) is 5.96 Å². The Morgan fingerprint density at radius 1 is 1.40 bits per heavy atom. The standard InChI is InChI=1S/C15H19N3O.HI/c1-10-7-13(10)18-15(16-2)17-9-12-8-11-5-3-4-6-14(11)19-12;/h3-6,8,10,13H,7,9H2,1-2H3,(H2,16,17,18);1H. The fourth-order valence-corrected chi connectivity index (χ4v) is 2.19. The number of halogens is 1. The molecule has 2 unspecified atom stereocenters. The van der Waals surface area contributed by atoms with Gasteiger partial charge in [-0.15, -0.1) is 24.0 Å². The van der Waals surface area contributed by atoms with Gasteiger partial charge in [0.2, 0.25) is 0 Å². The fraction of sp³-hybridized carbons (Fsp3) is 0.400. The molecule has 0 bridgehead atoms. The first-order valence-electron chi connectivity index (χ1n) is 6.71. The molecule has 1 aliphatic rings. The molecule has 0 radical (unpaired) electrons. The van der Waals surface area contributed by atoms with E-state index in [0.29, 0.717) is 12.6 Å². The molecule has 4 nitrogen and oxygen atoms in total. The Balaban J connectivity index is 0.00000147. The summed E-state index contributed by atoms with van der Waals surface area (Å²) in [6.07, 6.45) is 1.23. The average Bonchev–Trinajstić information content (AvgIpc) is 2.96. The van der Waals surface area contributed by atoms with Crippen molar-refractivity contribution in [1.29, 1.82) is 0 Å². The lowest BCUT2D eigenvalue weighted by atomic mass is 10.2. The molecule has 1 aromatic carbocycles. The Hall–Kier alpha value is -1.24. The monoisotopic (exact) mass is 385 g/mol. The molecule has 2 atom stereocenters. The Bertz CT molecular complexity index is 575. The Labute approximate surface area is 136 Å². The quantitative estimate of drug-likeness (QED) is 0.485. The Morgan fingerprint density at radius 3 is 2.80 bits per heavy atom. The number of benzene rings is 1. The normalized spacial score (nSPS) is 21.4. The first-order valence-corrected chi connectivity index (χ1v) is 6.71. The minimum Gasteiger partial charge on any atom is -0.459 e. The molecule has 0 saturated heterocycles. The van der Waals surface area contributed by atoms with E-state index in [1.54, 1.807) is 7.05 Å². The summed E-state index contributed by atoms with van der Waals surface area (Å²) < 4.78 is 5.76. The number of hydrogen-bond acceptors (Lipinski definition) is 2. The molecule has 0 spiro atoms. The average molecular weight is 385 g/mol. The van der Waals surface area contributed by atoms with Crippen LogP contribution in [0.15, 0.2) is 39.7 Å². The van der Waals surface area contributed by atoms with Gasteiger partial charge in [0.1, 0.15) is 11.3 Å². The maximum absolute atomic E-state index is 5.76. The number of hydrogen-bond donors (Lipinski definition) is 2. The van der Waals surface area contributed by atoms with E-state index in [-0.39, 0.29) is 24.0 Å². The molecule has 2 aromatic rings. The molecule has 1 fully saturated rings. The second-order valence-corrected chi connectivity index (χ2v) is 5.14. The second-order valence-electron chi connectivity index (χ2n) is 5.14. The van der Waals surface area contributed by atoms with Crippen LogP contribution in [0, 0.1) is 5.92 Å². The third-order valence-corrected chi connectivity index (χ3v) is 3.56. The van der Waals surface area contributed by atoms with E-state index in [9.17, 15) is 0 Å². The highest BCUT2D eigenvalue weighted by atomic mass is 127. The lowest BCUT2D eigenvalue weighted by molar-refractivity contribution is 0.538. The topological polar surface area (TPSA) is 49.6 Å². The first-order chi connectivity index (χ1) is 9.26. The lowest BCUT2D eigenvalue weighted by Crippen LogP contribution is -2.38. The SMILES string of the molecule is CN=C(NCc1cc2ccccc2o1)NC1CC1C.I. The summed E-state index contributed by atoms with van der Waals surface area (Å²) in [5, 5.41) is 7.81.